The van der Waals surface area contributed by atoms with E-state index >= 15 is 0 Å². The molecule has 10 nitrogen and oxygen atoms in total. The molecule has 10 heteroatoms. The van der Waals surface area contributed by atoms with Gasteiger partial charge in [-0.15, -0.1) is 4.91 Å². The number of fused-ring (bicyclic) bond motifs is 1. The number of nitroso groups, excluding NO2 is 1. The van der Waals surface area contributed by atoms with E-state index in [0.717, 1.165) is 54.5 Å². The number of hydrogen-bond acceptors (Lipinski definition) is 8. The molecule has 4 rings (SSSR count). The van der Waals surface area contributed by atoms with Crippen molar-refractivity contribution in [1.29, 1.82) is 0 Å². The highest BCUT2D eigenvalue weighted by Gasteiger charge is 2.23. The molecule has 3 aromatic rings. The lowest BCUT2D eigenvalue weighted by atomic mass is 9.93. The SMILES string of the molecule is CC1CCNc2c(cnc(N)c2Cc2ccc(N(N=O)c3cc(C(C)(C)C)on3)cc2)/C=C/CCCCCC(=O)N1. The number of hydrogen-bond donors (Lipinski definition) is 3. The van der Waals surface area contributed by atoms with Gasteiger partial charge >= 0.3 is 0 Å². The first kappa shape index (κ1) is 29.8. The lowest BCUT2D eigenvalue weighted by Crippen LogP contribution is -2.33. The van der Waals surface area contributed by atoms with Crippen molar-refractivity contribution in [3.05, 3.63) is 70.0 Å². The van der Waals surface area contributed by atoms with E-state index in [9.17, 15) is 9.70 Å². The normalized spacial score (nSPS) is 17.8. The number of allylic oxidation sites excluding steroid dienone is 1. The predicted octanol–water partition coefficient (Wildman–Crippen LogP) is 6.64. The number of aromatic nitrogens is 2. The van der Waals surface area contributed by atoms with E-state index in [2.05, 4.69) is 38.2 Å². The molecule has 4 N–H and O–H groups in total. The van der Waals surface area contributed by atoms with Gasteiger partial charge in [0, 0.05) is 54.2 Å². The van der Waals surface area contributed by atoms with Gasteiger partial charge in [-0.25, -0.2) is 4.98 Å². The smallest absolute Gasteiger partial charge is 0.220 e. The van der Waals surface area contributed by atoms with Gasteiger partial charge in [0.05, 0.1) is 16.7 Å². The molecular weight excluding hydrogens is 518 g/mol. The van der Waals surface area contributed by atoms with Gasteiger partial charge in [0.2, 0.25) is 5.91 Å². The molecule has 1 aliphatic rings. The number of carbonyl (C=O) groups is 1. The summed E-state index contributed by atoms with van der Waals surface area (Å²) in [5.74, 6) is 1.57. The lowest BCUT2D eigenvalue weighted by Gasteiger charge is -2.19. The van der Waals surface area contributed by atoms with Crippen molar-refractivity contribution in [2.24, 2.45) is 5.29 Å². The Kier molecular flexibility index (Phi) is 9.75. The number of nitrogens with two attached hydrogens (primary N) is 1. The van der Waals surface area contributed by atoms with Crippen LogP contribution >= 0.6 is 0 Å². The van der Waals surface area contributed by atoms with E-state index < -0.39 is 0 Å². The highest BCUT2D eigenvalue weighted by molar-refractivity contribution is 5.76. The first-order valence-electron chi connectivity index (χ1n) is 14.3. The Morgan fingerprint density at radius 2 is 1.95 bits per heavy atom. The van der Waals surface area contributed by atoms with Crippen molar-refractivity contribution < 1.29 is 9.32 Å². The van der Waals surface area contributed by atoms with Crippen LogP contribution in [-0.4, -0.2) is 28.6 Å². The Balaban J connectivity index is 1.57. The second-order valence-corrected chi connectivity index (χ2v) is 11.7. The molecule has 1 atom stereocenters. The van der Waals surface area contributed by atoms with Crippen molar-refractivity contribution in [1.82, 2.24) is 15.5 Å². The first-order valence-corrected chi connectivity index (χ1v) is 14.3. The number of rotatable bonds is 5. The van der Waals surface area contributed by atoms with Crippen molar-refractivity contribution in [3.63, 3.8) is 0 Å². The highest BCUT2D eigenvalue weighted by Crippen LogP contribution is 2.32. The van der Waals surface area contributed by atoms with Crippen LogP contribution in [0.1, 0.15) is 88.7 Å². The summed E-state index contributed by atoms with van der Waals surface area (Å²) in [6.45, 7) is 8.73. The van der Waals surface area contributed by atoms with Gasteiger partial charge in [-0.3, -0.25) is 4.79 Å². The van der Waals surface area contributed by atoms with E-state index in [1.54, 1.807) is 12.3 Å². The quantitative estimate of drug-likeness (QED) is 0.233. The van der Waals surface area contributed by atoms with Crippen molar-refractivity contribution in [3.8, 4) is 0 Å². The maximum absolute atomic E-state index is 12.2. The molecule has 0 saturated heterocycles. The predicted molar refractivity (Wildman–Crippen MR) is 164 cm³/mol. The van der Waals surface area contributed by atoms with Crippen LogP contribution in [-0.2, 0) is 16.6 Å². The van der Waals surface area contributed by atoms with Crippen LogP contribution in [0.25, 0.3) is 6.08 Å². The Bertz CT molecular complexity index is 1360. The zero-order valence-corrected chi connectivity index (χ0v) is 24.4. The molecule has 0 aliphatic carbocycles. The van der Waals surface area contributed by atoms with Crippen molar-refractivity contribution >= 4 is 35.0 Å². The second-order valence-electron chi connectivity index (χ2n) is 11.7. The fraction of sp³-hybridized carbons (Fsp3) is 0.452. The Morgan fingerprint density at radius 1 is 1.17 bits per heavy atom. The maximum Gasteiger partial charge on any atom is 0.220 e. The Labute approximate surface area is 241 Å². The van der Waals surface area contributed by atoms with Gasteiger partial charge in [-0.05, 0) is 50.3 Å². The molecule has 0 fully saturated rings. The van der Waals surface area contributed by atoms with Crippen LogP contribution in [0, 0.1) is 4.91 Å². The van der Waals surface area contributed by atoms with Crippen LogP contribution in [0.3, 0.4) is 0 Å². The molecule has 2 aromatic heterocycles. The molecule has 218 valence electrons. The van der Waals surface area contributed by atoms with E-state index in [-0.39, 0.29) is 17.4 Å². The Hall–Kier alpha value is -4.21. The highest BCUT2D eigenvalue weighted by atomic mass is 16.5. The maximum atomic E-state index is 12.2. The van der Waals surface area contributed by atoms with Crippen LogP contribution < -0.4 is 21.4 Å². The molecule has 3 heterocycles. The molecule has 1 unspecified atom stereocenters. The number of nitrogen functional groups attached to an aromatic ring is 1. The van der Waals surface area contributed by atoms with Gasteiger partial charge in [0.1, 0.15) is 11.6 Å². The molecule has 0 spiro atoms. The van der Waals surface area contributed by atoms with Gasteiger partial charge < -0.3 is 20.9 Å². The summed E-state index contributed by atoms with van der Waals surface area (Å²) in [5, 5.41) is 15.1. The molecule has 0 saturated carbocycles. The second kappa shape index (κ2) is 13.4. The summed E-state index contributed by atoms with van der Waals surface area (Å²) in [4.78, 5) is 28.5. The third-order valence-electron chi connectivity index (χ3n) is 7.20. The average molecular weight is 560 g/mol. The molecule has 1 amide bonds. The largest absolute Gasteiger partial charge is 0.384 e. The molecule has 1 aliphatic heterocycles. The third kappa shape index (κ3) is 7.93. The lowest BCUT2D eigenvalue weighted by molar-refractivity contribution is -0.121. The van der Waals surface area contributed by atoms with E-state index in [4.69, 9.17) is 10.3 Å². The summed E-state index contributed by atoms with van der Waals surface area (Å²) in [7, 11) is 0. The summed E-state index contributed by atoms with van der Waals surface area (Å²) >= 11 is 0. The molecule has 1 aromatic carbocycles. The average Bonchev–Trinajstić information content (AvgIpc) is 3.42. The fourth-order valence-corrected chi connectivity index (χ4v) is 4.77. The number of benzene rings is 1. The summed E-state index contributed by atoms with van der Waals surface area (Å²) < 4.78 is 5.44. The summed E-state index contributed by atoms with van der Waals surface area (Å²) in [5.41, 5.74) is 10.6. The molecule has 0 bridgehead atoms. The van der Waals surface area contributed by atoms with Crippen LogP contribution in [0.2, 0.25) is 0 Å². The number of pyridine rings is 1. The number of nitrogens with zero attached hydrogens (tertiary/aromatic N) is 4. The third-order valence-corrected chi connectivity index (χ3v) is 7.20. The van der Waals surface area contributed by atoms with E-state index in [0.29, 0.717) is 42.5 Å². The Morgan fingerprint density at radius 3 is 2.66 bits per heavy atom. The molecule has 0 radical (unpaired) electrons. The molecular formula is C31H41N7O3. The number of anilines is 4. The van der Waals surface area contributed by atoms with Crippen LogP contribution in [0.4, 0.5) is 23.0 Å². The van der Waals surface area contributed by atoms with Gasteiger partial charge in [0.15, 0.2) is 5.82 Å². The van der Waals surface area contributed by atoms with Crippen molar-refractivity contribution in [2.75, 3.05) is 22.6 Å². The minimum absolute atomic E-state index is 0.0628. The van der Waals surface area contributed by atoms with E-state index in [1.807, 2.05) is 52.0 Å². The zero-order chi connectivity index (χ0) is 29.4. The number of amides is 1. The van der Waals surface area contributed by atoms with Gasteiger partial charge in [-0.1, -0.05) is 56.6 Å². The monoisotopic (exact) mass is 559 g/mol. The van der Waals surface area contributed by atoms with Crippen LogP contribution in [0.5, 0.6) is 0 Å². The number of nitrogens with one attached hydrogen (secondary N) is 2. The van der Waals surface area contributed by atoms with Gasteiger partial charge in [-0.2, -0.15) is 5.01 Å². The minimum Gasteiger partial charge on any atom is -0.384 e. The zero-order valence-electron chi connectivity index (χ0n) is 24.4. The fourth-order valence-electron chi connectivity index (χ4n) is 4.77. The van der Waals surface area contributed by atoms with Crippen LogP contribution in [0.15, 0.2) is 52.4 Å². The molecule has 41 heavy (non-hydrogen) atoms. The number of carbonyl (C=O) groups excluding carboxylic acids is 1. The van der Waals surface area contributed by atoms with E-state index in [1.165, 1.54) is 5.01 Å². The first-order chi connectivity index (χ1) is 19.7. The topological polar surface area (TPSA) is 139 Å². The summed E-state index contributed by atoms with van der Waals surface area (Å²) in [6.07, 6.45) is 11.8. The van der Waals surface area contributed by atoms with Gasteiger partial charge in [0.25, 0.3) is 0 Å². The standard InChI is InChI=1S/C31H41N7O3/c1-21-16-17-33-29-23(10-8-6-5-7-9-11-28(39)35-21)20-34-30(32)25(29)18-22-12-14-24(15-13-22)38(37-40)27-19-26(41-36-27)31(2,3)4/h8,10,12-15,19-21,33H,5-7,9,11,16-18H2,1-4H3,(H2,32,34)(H,35,39)/b10-8+. The minimum atomic E-state index is -0.242. The summed E-state index contributed by atoms with van der Waals surface area (Å²) in [6, 6.07) is 9.33. The van der Waals surface area contributed by atoms with Crippen molar-refractivity contribution in [2.45, 2.75) is 84.1 Å².